The summed E-state index contributed by atoms with van der Waals surface area (Å²) in [5.74, 6) is -1.97. The van der Waals surface area contributed by atoms with E-state index in [9.17, 15) is 32.4 Å². The summed E-state index contributed by atoms with van der Waals surface area (Å²) in [7, 11) is -3.30. The predicted molar refractivity (Wildman–Crippen MR) is 213 cm³/mol. The molecule has 4 aliphatic heterocycles. The van der Waals surface area contributed by atoms with Gasteiger partial charge in [-0.2, -0.15) is 0 Å². The lowest BCUT2D eigenvalue weighted by Crippen LogP contribution is -2.54. The second kappa shape index (κ2) is 15.7. The maximum absolute atomic E-state index is 13.2. The first kappa shape index (κ1) is 37.9. The molecule has 3 aromatic rings. The normalized spacial score (nSPS) is 19.9. The molecule has 5 amide bonds. The van der Waals surface area contributed by atoms with E-state index in [0.29, 0.717) is 44.4 Å². The summed E-state index contributed by atoms with van der Waals surface area (Å²) >= 11 is 0. The van der Waals surface area contributed by atoms with Gasteiger partial charge in [-0.15, -0.1) is 0 Å². The van der Waals surface area contributed by atoms with Gasteiger partial charge in [0.1, 0.15) is 6.04 Å². The highest BCUT2D eigenvalue weighted by Crippen LogP contribution is 2.30. The van der Waals surface area contributed by atoms with Crippen LogP contribution in [0.3, 0.4) is 0 Å². The summed E-state index contributed by atoms with van der Waals surface area (Å²) < 4.78 is 23.8. The van der Waals surface area contributed by atoms with Crippen LogP contribution in [-0.4, -0.2) is 111 Å². The van der Waals surface area contributed by atoms with E-state index in [1.807, 2.05) is 49.4 Å². The lowest BCUT2D eigenvalue weighted by molar-refractivity contribution is -0.136. The van der Waals surface area contributed by atoms with Gasteiger partial charge < -0.3 is 20.4 Å². The van der Waals surface area contributed by atoms with Crippen molar-refractivity contribution in [2.75, 3.05) is 61.1 Å². The molecule has 3 N–H and O–H groups in total. The number of sulfone groups is 1. The molecule has 3 aromatic carbocycles. The van der Waals surface area contributed by atoms with Crippen molar-refractivity contribution in [1.29, 1.82) is 0 Å². The van der Waals surface area contributed by atoms with E-state index >= 15 is 0 Å². The first-order valence-corrected chi connectivity index (χ1v) is 20.0. The minimum Gasteiger partial charge on any atom is -0.376 e. The van der Waals surface area contributed by atoms with Gasteiger partial charge >= 0.3 is 0 Å². The van der Waals surface area contributed by atoms with Crippen molar-refractivity contribution in [3.63, 3.8) is 0 Å². The molecule has 0 saturated carbocycles. The van der Waals surface area contributed by atoms with E-state index in [4.69, 9.17) is 4.99 Å². The van der Waals surface area contributed by atoms with E-state index in [-0.39, 0.29) is 41.3 Å². The molecule has 4 heterocycles. The number of carbonyl (C=O) groups is 5. The number of nitrogens with one attached hydrogen (secondary N) is 3. The summed E-state index contributed by atoms with van der Waals surface area (Å²) in [6, 6.07) is 18.3. The standard InChI is InChI=1S/C40H40N8O7S/c1-25-4-3-5-27(26-6-13-31(14-7-26)56(2,54)55)23-42-40(43-25)44-28-8-11-30(12-9-28)46-18-20-47(21-19-46)36(50)24-41-29-10-15-32-33(22-29)39(53)48(38(32)52)34-16-17-35(49)45-37(34)51/h3-15,22,34,41H,16-21,23-24H2,1-2H3,(H,42,44)(H,45,49,51)/b4-3?,27-5-,43-25?. The number of amides is 5. The molecule has 15 nitrogen and oxygen atoms in total. The van der Waals surface area contributed by atoms with E-state index in [0.717, 1.165) is 33.1 Å². The Bertz CT molecular complexity index is 2340. The van der Waals surface area contributed by atoms with Gasteiger partial charge in [-0.05, 0) is 85.2 Å². The third-order valence-electron chi connectivity index (χ3n) is 9.97. The number of aliphatic imine (C=N–C) groups is 2. The highest BCUT2D eigenvalue weighted by molar-refractivity contribution is 7.90. The molecule has 0 aromatic heterocycles. The van der Waals surface area contributed by atoms with Gasteiger partial charge in [-0.3, -0.25) is 34.2 Å². The Balaban J connectivity index is 0.909. The third-order valence-corrected chi connectivity index (χ3v) is 11.1. The van der Waals surface area contributed by atoms with Crippen molar-refractivity contribution in [2.45, 2.75) is 30.7 Å². The van der Waals surface area contributed by atoms with Crippen LogP contribution >= 0.6 is 0 Å². The lowest BCUT2D eigenvalue weighted by Gasteiger charge is -2.36. The minimum atomic E-state index is -3.30. The average Bonchev–Trinajstić information content (AvgIpc) is 3.47. The fourth-order valence-electron chi connectivity index (χ4n) is 6.90. The average molecular weight is 777 g/mol. The second-order valence-corrected chi connectivity index (χ2v) is 15.9. The van der Waals surface area contributed by atoms with Crippen molar-refractivity contribution in [3.05, 3.63) is 102 Å². The zero-order valence-corrected chi connectivity index (χ0v) is 31.6. The van der Waals surface area contributed by atoms with Crippen LogP contribution in [0.4, 0.5) is 17.1 Å². The van der Waals surface area contributed by atoms with Crippen LogP contribution in [0.1, 0.15) is 46.0 Å². The molecule has 56 heavy (non-hydrogen) atoms. The van der Waals surface area contributed by atoms with Crippen LogP contribution in [0, 0.1) is 0 Å². The smallest absolute Gasteiger partial charge is 0.262 e. The number of carbonyl (C=O) groups excluding carboxylic acids is 5. The van der Waals surface area contributed by atoms with Crippen molar-refractivity contribution in [3.8, 4) is 0 Å². The fraction of sp³-hybridized carbons (Fsp3) is 0.275. The number of nitrogens with zero attached hydrogens (tertiary/aromatic N) is 5. The van der Waals surface area contributed by atoms with Gasteiger partial charge in [-0.25, -0.2) is 18.4 Å². The number of benzene rings is 3. The van der Waals surface area contributed by atoms with Crippen LogP contribution in [0.2, 0.25) is 0 Å². The van der Waals surface area contributed by atoms with E-state index in [2.05, 4.69) is 25.8 Å². The molecule has 288 valence electrons. The molecular weight excluding hydrogens is 737 g/mol. The Morgan fingerprint density at radius 1 is 0.893 bits per heavy atom. The molecule has 7 rings (SSSR count). The molecule has 2 saturated heterocycles. The van der Waals surface area contributed by atoms with Crippen LogP contribution < -0.4 is 20.9 Å². The predicted octanol–water partition coefficient (Wildman–Crippen LogP) is 3.13. The number of piperazine rings is 1. The number of fused-ring (bicyclic) bond motifs is 1. The number of guanidine groups is 1. The SMILES string of the molecule is CC1=NC(Nc2ccc(N3CCN(C(=O)CNc4ccc5c(c4)C(=O)N(C4CCC(=O)NC4=O)C5=O)CC3)cc2)=NC/C(c2ccc(S(C)(=O)=O)cc2)=C/C=C1. The Morgan fingerprint density at radius 2 is 1.59 bits per heavy atom. The number of hydrogen-bond acceptors (Lipinski definition) is 12. The van der Waals surface area contributed by atoms with Crippen molar-refractivity contribution < 1.29 is 32.4 Å². The van der Waals surface area contributed by atoms with Crippen LogP contribution in [0.25, 0.3) is 5.57 Å². The Kier molecular flexibility index (Phi) is 10.6. The number of allylic oxidation sites excluding steroid dienone is 3. The number of piperidine rings is 1. The highest BCUT2D eigenvalue weighted by Gasteiger charge is 2.44. The summed E-state index contributed by atoms with van der Waals surface area (Å²) in [5, 5.41) is 8.56. The molecule has 1 unspecified atom stereocenters. The van der Waals surface area contributed by atoms with Gasteiger partial charge in [0.05, 0.1) is 29.1 Å². The molecule has 0 bridgehead atoms. The summed E-state index contributed by atoms with van der Waals surface area (Å²) in [4.78, 5) is 77.7. The first-order valence-electron chi connectivity index (χ1n) is 18.1. The fourth-order valence-corrected chi connectivity index (χ4v) is 7.53. The topological polar surface area (TPSA) is 190 Å². The Morgan fingerprint density at radius 3 is 2.29 bits per heavy atom. The Labute approximate surface area is 323 Å². The van der Waals surface area contributed by atoms with Crippen molar-refractivity contribution in [1.82, 2.24) is 15.1 Å². The molecule has 2 fully saturated rings. The molecular formula is C40H40N8O7S. The van der Waals surface area contributed by atoms with Gasteiger partial charge in [0, 0.05) is 61.6 Å². The van der Waals surface area contributed by atoms with Crippen molar-refractivity contribution in [2.24, 2.45) is 9.98 Å². The zero-order valence-electron chi connectivity index (χ0n) is 30.8. The molecule has 4 aliphatic rings. The zero-order chi connectivity index (χ0) is 39.6. The molecule has 0 radical (unpaired) electrons. The molecule has 1 atom stereocenters. The van der Waals surface area contributed by atoms with E-state index in [1.54, 1.807) is 35.2 Å². The second-order valence-electron chi connectivity index (χ2n) is 13.8. The number of rotatable bonds is 8. The van der Waals surface area contributed by atoms with Gasteiger partial charge in [-0.1, -0.05) is 24.3 Å². The lowest BCUT2D eigenvalue weighted by atomic mass is 10.0. The summed E-state index contributed by atoms with van der Waals surface area (Å²) in [6.07, 6.45) is 7.03. The van der Waals surface area contributed by atoms with Gasteiger partial charge in [0.2, 0.25) is 23.7 Å². The number of anilines is 3. The van der Waals surface area contributed by atoms with E-state index < -0.39 is 39.5 Å². The first-order chi connectivity index (χ1) is 26.8. The molecule has 0 spiro atoms. The number of hydrogen-bond donors (Lipinski definition) is 3. The maximum Gasteiger partial charge on any atom is 0.262 e. The highest BCUT2D eigenvalue weighted by atomic mass is 32.2. The van der Waals surface area contributed by atoms with Gasteiger partial charge in [0.25, 0.3) is 11.8 Å². The molecule has 0 aliphatic carbocycles. The number of imide groups is 2. The minimum absolute atomic E-state index is 0.00741. The largest absolute Gasteiger partial charge is 0.376 e. The maximum atomic E-state index is 13.2. The van der Waals surface area contributed by atoms with Crippen LogP contribution in [0.15, 0.2) is 99.8 Å². The Hall–Kier alpha value is -6.42. The quantitative estimate of drug-likeness (QED) is 0.287. The molecule has 16 heteroatoms. The third kappa shape index (κ3) is 8.29. The van der Waals surface area contributed by atoms with Crippen LogP contribution in [0.5, 0.6) is 0 Å². The van der Waals surface area contributed by atoms with Crippen LogP contribution in [-0.2, 0) is 24.2 Å². The van der Waals surface area contributed by atoms with Gasteiger partial charge in [0.15, 0.2) is 9.84 Å². The van der Waals surface area contributed by atoms with Crippen molar-refractivity contribution >= 4 is 73.7 Å². The van der Waals surface area contributed by atoms with E-state index in [1.165, 1.54) is 18.4 Å². The monoisotopic (exact) mass is 776 g/mol. The summed E-state index contributed by atoms with van der Waals surface area (Å²) in [5.41, 5.74) is 5.15. The summed E-state index contributed by atoms with van der Waals surface area (Å²) in [6.45, 7) is 4.51.